The van der Waals surface area contributed by atoms with Gasteiger partial charge in [-0.15, -0.1) is 48.5 Å². The zero-order chi connectivity index (χ0) is 18.3. The van der Waals surface area contributed by atoms with Crippen LogP contribution in [-0.4, -0.2) is 23.9 Å². The first-order chi connectivity index (χ1) is 11.9. The lowest BCUT2D eigenvalue weighted by Crippen LogP contribution is -2.36. The van der Waals surface area contributed by atoms with Gasteiger partial charge in [-0.25, -0.2) is 9.98 Å². The highest BCUT2D eigenvalue weighted by Gasteiger charge is 2.31. The van der Waals surface area contributed by atoms with Crippen LogP contribution in [0, 0.1) is 6.92 Å². The molecule has 5 nitrogen and oxygen atoms in total. The van der Waals surface area contributed by atoms with E-state index < -0.39 is 6.36 Å². The summed E-state index contributed by atoms with van der Waals surface area (Å²) in [6, 6.07) is 5.96. The van der Waals surface area contributed by atoms with Gasteiger partial charge in [-0.05, 0) is 19.9 Å². The van der Waals surface area contributed by atoms with Crippen molar-refractivity contribution in [1.29, 1.82) is 0 Å². The molecule has 0 fully saturated rings. The van der Waals surface area contributed by atoms with Crippen LogP contribution in [0.3, 0.4) is 0 Å². The number of nitrogens with one attached hydrogen (secondary N) is 2. The smallest absolute Gasteiger partial charge is 0.405 e. The van der Waals surface area contributed by atoms with E-state index in [0.29, 0.717) is 24.6 Å². The van der Waals surface area contributed by atoms with Crippen molar-refractivity contribution in [3.05, 3.63) is 45.9 Å². The van der Waals surface area contributed by atoms with Crippen LogP contribution in [0.25, 0.3) is 0 Å². The molecule has 26 heavy (non-hydrogen) atoms. The Morgan fingerprint density at radius 1 is 1.27 bits per heavy atom. The Hall–Kier alpha value is -1.56. The van der Waals surface area contributed by atoms with Crippen LogP contribution in [0.1, 0.15) is 22.4 Å². The fraction of sp³-hybridized carbons (Fsp3) is 0.375. The van der Waals surface area contributed by atoms with E-state index in [9.17, 15) is 13.2 Å². The molecule has 1 aromatic heterocycles. The second kappa shape index (κ2) is 10.6. The molecule has 0 saturated heterocycles. The molecule has 2 aromatic rings. The van der Waals surface area contributed by atoms with Gasteiger partial charge >= 0.3 is 6.36 Å². The number of para-hydroxylation sites is 1. The van der Waals surface area contributed by atoms with Crippen LogP contribution in [0.2, 0.25) is 0 Å². The molecule has 1 aromatic carbocycles. The molecule has 0 radical (unpaired) electrons. The molecule has 0 bridgehead atoms. The maximum atomic E-state index is 12.5. The summed E-state index contributed by atoms with van der Waals surface area (Å²) in [4.78, 5) is 9.68. The summed E-state index contributed by atoms with van der Waals surface area (Å²) < 4.78 is 41.4. The van der Waals surface area contributed by atoms with Crippen molar-refractivity contribution in [2.24, 2.45) is 4.99 Å². The zero-order valence-corrected chi connectivity index (χ0v) is 17.4. The molecule has 0 aliphatic heterocycles. The second-order valence-electron chi connectivity index (χ2n) is 5.07. The van der Waals surface area contributed by atoms with Crippen LogP contribution >= 0.6 is 35.3 Å². The molecular weight excluding hydrogens is 480 g/mol. The van der Waals surface area contributed by atoms with Gasteiger partial charge in [0.15, 0.2) is 5.96 Å². The molecule has 0 amide bonds. The van der Waals surface area contributed by atoms with Crippen LogP contribution in [-0.2, 0) is 13.1 Å². The molecule has 0 atom stereocenters. The molecule has 0 aliphatic carbocycles. The first-order valence-electron chi connectivity index (χ1n) is 7.64. The number of rotatable bonds is 6. The van der Waals surface area contributed by atoms with Crippen molar-refractivity contribution in [3.8, 4) is 5.75 Å². The van der Waals surface area contributed by atoms with Crippen LogP contribution in [0.5, 0.6) is 5.75 Å². The van der Waals surface area contributed by atoms with Gasteiger partial charge in [0, 0.05) is 23.2 Å². The molecule has 2 N–H and O–H groups in total. The highest BCUT2D eigenvalue weighted by atomic mass is 127. The summed E-state index contributed by atoms with van der Waals surface area (Å²) in [5, 5.41) is 7.07. The van der Waals surface area contributed by atoms with E-state index in [1.807, 2.05) is 13.8 Å². The quantitative estimate of drug-likeness (QED) is 0.355. The molecular formula is C16H20F3IN4OS. The molecule has 1 heterocycles. The maximum Gasteiger partial charge on any atom is 0.573 e. The highest BCUT2D eigenvalue weighted by Crippen LogP contribution is 2.26. The molecule has 0 aliphatic rings. The van der Waals surface area contributed by atoms with E-state index in [4.69, 9.17) is 0 Å². The van der Waals surface area contributed by atoms with Gasteiger partial charge in [0.2, 0.25) is 0 Å². The van der Waals surface area contributed by atoms with E-state index in [0.717, 1.165) is 9.88 Å². The summed E-state index contributed by atoms with van der Waals surface area (Å²) in [5.41, 5.74) is 0.349. The number of aromatic nitrogens is 1. The number of hydrogen-bond donors (Lipinski definition) is 2. The van der Waals surface area contributed by atoms with E-state index in [1.165, 1.54) is 12.1 Å². The predicted octanol–water partition coefficient (Wildman–Crippen LogP) is 4.22. The van der Waals surface area contributed by atoms with Crippen molar-refractivity contribution in [2.75, 3.05) is 6.54 Å². The van der Waals surface area contributed by atoms with E-state index in [1.54, 1.807) is 29.7 Å². The van der Waals surface area contributed by atoms with Gasteiger partial charge in [0.1, 0.15) is 10.8 Å². The normalized spacial score (nSPS) is 11.7. The SMILES string of the molecule is CCNC(=NCc1ccccc1OC(F)(F)F)NCc1ncc(C)s1.I. The molecule has 0 saturated carbocycles. The molecule has 10 heteroatoms. The standard InChI is InChI=1S/C16H19F3N4OS.HI/c1-3-20-15(23-10-14-21-8-11(2)25-14)22-9-12-6-4-5-7-13(12)24-16(17,18)19;/h4-8H,3,9-10H2,1-2H3,(H2,20,22,23);1H. The van der Waals surface area contributed by atoms with E-state index >= 15 is 0 Å². The first-order valence-corrected chi connectivity index (χ1v) is 8.46. The number of aliphatic imine (C=N–C) groups is 1. The maximum absolute atomic E-state index is 12.5. The van der Waals surface area contributed by atoms with Crippen molar-refractivity contribution in [3.63, 3.8) is 0 Å². The Labute approximate surface area is 171 Å². The third-order valence-corrected chi connectivity index (χ3v) is 3.94. The Balaban J connectivity index is 0.00000338. The minimum absolute atomic E-state index is 0. The third-order valence-electron chi connectivity index (χ3n) is 3.03. The number of aryl methyl sites for hydroxylation is 1. The van der Waals surface area contributed by atoms with Gasteiger partial charge in [0.05, 0.1) is 13.1 Å². The summed E-state index contributed by atoms with van der Waals surface area (Å²) >= 11 is 1.57. The Bertz CT molecular complexity index is 722. The fourth-order valence-electron chi connectivity index (χ4n) is 2.01. The fourth-order valence-corrected chi connectivity index (χ4v) is 2.73. The van der Waals surface area contributed by atoms with Crippen molar-refractivity contribution < 1.29 is 17.9 Å². The van der Waals surface area contributed by atoms with Crippen molar-refractivity contribution >= 4 is 41.3 Å². The molecule has 144 valence electrons. The number of guanidine groups is 1. The third kappa shape index (κ3) is 7.77. The van der Waals surface area contributed by atoms with Crippen LogP contribution < -0.4 is 15.4 Å². The number of benzene rings is 1. The minimum atomic E-state index is -4.73. The lowest BCUT2D eigenvalue weighted by Gasteiger charge is -2.13. The average Bonchev–Trinajstić information content (AvgIpc) is 2.95. The Kier molecular flexibility index (Phi) is 9.13. The zero-order valence-electron chi connectivity index (χ0n) is 14.3. The highest BCUT2D eigenvalue weighted by molar-refractivity contribution is 14.0. The summed E-state index contributed by atoms with van der Waals surface area (Å²) in [7, 11) is 0. The lowest BCUT2D eigenvalue weighted by atomic mass is 10.2. The monoisotopic (exact) mass is 500 g/mol. The number of thiazole rings is 1. The first kappa shape index (κ1) is 22.5. The second-order valence-corrected chi connectivity index (χ2v) is 6.39. The number of hydrogen-bond acceptors (Lipinski definition) is 4. The van der Waals surface area contributed by atoms with Crippen molar-refractivity contribution in [1.82, 2.24) is 15.6 Å². The predicted molar refractivity (Wildman–Crippen MR) is 107 cm³/mol. The van der Waals surface area contributed by atoms with Gasteiger partial charge in [-0.1, -0.05) is 18.2 Å². The molecule has 0 spiro atoms. The summed E-state index contributed by atoms with van der Waals surface area (Å²) in [6.07, 6.45) is -2.94. The van der Waals surface area contributed by atoms with Crippen LogP contribution in [0.15, 0.2) is 35.5 Å². The van der Waals surface area contributed by atoms with Crippen LogP contribution in [0.4, 0.5) is 13.2 Å². The molecule has 2 rings (SSSR count). The minimum Gasteiger partial charge on any atom is -0.405 e. The van der Waals surface area contributed by atoms with Gasteiger partial charge in [-0.2, -0.15) is 0 Å². The van der Waals surface area contributed by atoms with Crippen molar-refractivity contribution in [2.45, 2.75) is 33.3 Å². The molecule has 0 unspecified atom stereocenters. The number of alkyl halides is 3. The topological polar surface area (TPSA) is 58.5 Å². The Morgan fingerprint density at radius 2 is 2.00 bits per heavy atom. The van der Waals surface area contributed by atoms with E-state index in [2.05, 4.69) is 25.3 Å². The number of halogens is 4. The number of nitrogens with zero attached hydrogens (tertiary/aromatic N) is 2. The van der Waals surface area contributed by atoms with Gasteiger partial charge in [-0.3, -0.25) is 0 Å². The van der Waals surface area contributed by atoms with Gasteiger partial charge < -0.3 is 15.4 Å². The lowest BCUT2D eigenvalue weighted by molar-refractivity contribution is -0.274. The summed E-state index contributed by atoms with van der Waals surface area (Å²) in [6.45, 7) is 5.05. The van der Waals surface area contributed by atoms with Gasteiger partial charge in [0.25, 0.3) is 0 Å². The average molecular weight is 500 g/mol. The van der Waals surface area contributed by atoms with E-state index in [-0.39, 0.29) is 36.3 Å². The Morgan fingerprint density at radius 3 is 2.62 bits per heavy atom. The summed E-state index contributed by atoms with van der Waals surface area (Å²) in [5.74, 6) is 0.252. The largest absolute Gasteiger partial charge is 0.573 e. The number of ether oxygens (including phenoxy) is 1.